The van der Waals surface area contributed by atoms with Crippen LogP contribution >= 0.6 is 0 Å². The molecule has 0 unspecified atom stereocenters. The zero-order chi connectivity index (χ0) is 11.7. The van der Waals surface area contributed by atoms with E-state index in [4.69, 9.17) is 0 Å². The van der Waals surface area contributed by atoms with Crippen LogP contribution in [-0.4, -0.2) is 11.9 Å². The maximum atomic E-state index is 4.09. The van der Waals surface area contributed by atoms with Gasteiger partial charge in [0, 0.05) is 18.4 Å². The van der Waals surface area contributed by atoms with Crippen molar-refractivity contribution in [3.8, 4) is 0 Å². The number of likely N-dealkylation sites (N-methyl/N-ethyl adjacent to an activating group) is 1. The second-order valence-electron chi connectivity index (χ2n) is 4.27. The summed E-state index contributed by atoms with van der Waals surface area (Å²) in [6.45, 7) is 8.27. The lowest BCUT2D eigenvalue weighted by Gasteiger charge is -2.28. The molecule has 0 bridgehead atoms. The van der Waals surface area contributed by atoms with Crippen LogP contribution in [0.5, 0.6) is 0 Å². The predicted molar refractivity (Wildman–Crippen MR) is 69.8 cm³/mol. The molecule has 2 rings (SSSR count). The fourth-order valence-corrected chi connectivity index (χ4v) is 1.84. The average Bonchev–Trinajstić information content (AvgIpc) is 2.28. The van der Waals surface area contributed by atoms with Gasteiger partial charge in [0.15, 0.2) is 0 Å². The van der Waals surface area contributed by atoms with E-state index in [9.17, 15) is 0 Å². The zero-order valence-corrected chi connectivity index (χ0v) is 10.1. The minimum atomic E-state index is 1.07. The molecule has 1 aliphatic rings. The van der Waals surface area contributed by atoms with Crippen molar-refractivity contribution in [2.45, 2.75) is 13.8 Å². The van der Waals surface area contributed by atoms with Crippen LogP contribution in [-0.2, 0) is 0 Å². The smallest absolute Gasteiger partial charge is 0.0481 e. The summed E-state index contributed by atoms with van der Waals surface area (Å²) in [5, 5.41) is 0. The van der Waals surface area contributed by atoms with Crippen LogP contribution in [0.25, 0.3) is 5.70 Å². The van der Waals surface area contributed by atoms with Gasteiger partial charge < -0.3 is 4.90 Å². The van der Waals surface area contributed by atoms with Crippen molar-refractivity contribution in [3.63, 3.8) is 0 Å². The van der Waals surface area contributed by atoms with Gasteiger partial charge in [-0.3, -0.25) is 0 Å². The summed E-state index contributed by atoms with van der Waals surface area (Å²) in [5.41, 5.74) is 6.01. The Labute approximate surface area is 97.4 Å². The summed E-state index contributed by atoms with van der Waals surface area (Å²) >= 11 is 0. The van der Waals surface area contributed by atoms with Crippen molar-refractivity contribution >= 4 is 5.70 Å². The van der Waals surface area contributed by atoms with Gasteiger partial charge >= 0.3 is 0 Å². The molecule has 1 aromatic carbocycles. The van der Waals surface area contributed by atoms with E-state index in [0.717, 1.165) is 5.70 Å². The highest BCUT2D eigenvalue weighted by molar-refractivity contribution is 5.70. The third kappa shape index (κ3) is 1.81. The molecule has 1 heteroatoms. The van der Waals surface area contributed by atoms with Crippen molar-refractivity contribution in [2.24, 2.45) is 0 Å². The Morgan fingerprint density at radius 1 is 1.00 bits per heavy atom. The van der Waals surface area contributed by atoms with Crippen LogP contribution in [0.2, 0.25) is 0 Å². The van der Waals surface area contributed by atoms with E-state index in [1.807, 2.05) is 0 Å². The average molecular weight is 211 g/mol. The molecule has 0 atom stereocenters. The molecule has 1 aromatic rings. The summed E-state index contributed by atoms with van der Waals surface area (Å²) < 4.78 is 0. The minimum Gasteiger partial charge on any atom is -0.344 e. The third-order valence-corrected chi connectivity index (χ3v) is 3.06. The van der Waals surface area contributed by atoms with Crippen molar-refractivity contribution in [1.29, 1.82) is 0 Å². The van der Waals surface area contributed by atoms with Gasteiger partial charge in [0.25, 0.3) is 0 Å². The topological polar surface area (TPSA) is 3.24 Å². The van der Waals surface area contributed by atoms with Crippen LogP contribution in [0.1, 0.15) is 18.1 Å². The highest BCUT2D eigenvalue weighted by Crippen LogP contribution is 2.28. The number of benzene rings is 1. The van der Waals surface area contributed by atoms with Crippen molar-refractivity contribution in [1.82, 2.24) is 4.90 Å². The van der Waals surface area contributed by atoms with E-state index in [1.54, 1.807) is 0 Å². The Kier molecular flexibility index (Phi) is 2.69. The molecule has 0 aromatic heterocycles. The Morgan fingerprint density at radius 3 is 2.25 bits per heavy atom. The van der Waals surface area contributed by atoms with E-state index in [2.05, 4.69) is 68.8 Å². The monoisotopic (exact) mass is 211 g/mol. The largest absolute Gasteiger partial charge is 0.344 e. The predicted octanol–water partition coefficient (Wildman–Crippen LogP) is 3.74. The number of hydrogen-bond acceptors (Lipinski definition) is 1. The molecule has 0 N–H and O–H groups in total. The molecule has 0 saturated carbocycles. The van der Waals surface area contributed by atoms with Crippen LogP contribution < -0.4 is 0 Å². The molecule has 0 spiro atoms. The van der Waals surface area contributed by atoms with E-state index >= 15 is 0 Å². The summed E-state index contributed by atoms with van der Waals surface area (Å²) in [4.78, 5) is 2.14. The van der Waals surface area contributed by atoms with Crippen LogP contribution in [0.15, 0.2) is 54.3 Å². The van der Waals surface area contributed by atoms with Crippen molar-refractivity contribution in [3.05, 3.63) is 65.4 Å². The van der Waals surface area contributed by atoms with Crippen LogP contribution in [0.3, 0.4) is 0 Å². The first-order valence-electron chi connectivity index (χ1n) is 5.48. The second kappa shape index (κ2) is 4.01. The number of aryl methyl sites for hydroxylation is 1. The first-order valence-corrected chi connectivity index (χ1v) is 5.48. The van der Waals surface area contributed by atoms with Gasteiger partial charge in [0.1, 0.15) is 0 Å². The highest BCUT2D eigenvalue weighted by Gasteiger charge is 2.14. The van der Waals surface area contributed by atoms with Crippen molar-refractivity contribution < 1.29 is 0 Å². The molecule has 1 nitrogen and oxygen atoms in total. The number of hydrogen-bond donors (Lipinski definition) is 0. The summed E-state index contributed by atoms with van der Waals surface area (Å²) in [7, 11) is 2.06. The number of rotatable bonds is 1. The van der Waals surface area contributed by atoms with Gasteiger partial charge in [-0.1, -0.05) is 42.5 Å². The molecule has 1 aliphatic heterocycles. The molecule has 0 fully saturated rings. The van der Waals surface area contributed by atoms with E-state index in [0.29, 0.717) is 0 Å². The molecular weight excluding hydrogens is 194 g/mol. The molecule has 82 valence electrons. The molecule has 0 amide bonds. The second-order valence-corrected chi connectivity index (χ2v) is 4.27. The van der Waals surface area contributed by atoms with Gasteiger partial charge in [-0.15, -0.1) is 0 Å². The molecule has 0 aliphatic carbocycles. The number of nitrogens with zero attached hydrogens (tertiary/aromatic N) is 1. The standard InChI is InChI=1S/C15H17N/c1-11-5-8-14(9-6-11)15-10-7-12(2)13(3)16(15)4/h5-10H,3H2,1-2,4H3. The van der Waals surface area contributed by atoms with Gasteiger partial charge in [-0.25, -0.2) is 0 Å². The fraction of sp³-hybridized carbons (Fsp3) is 0.200. The Hall–Kier alpha value is -1.76. The fourth-order valence-electron chi connectivity index (χ4n) is 1.84. The minimum absolute atomic E-state index is 1.07. The maximum absolute atomic E-state index is 4.09. The molecule has 0 saturated heterocycles. The zero-order valence-electron chi connectivity index (χ0n) is 10.1. The van der Waals surface area contributed by atoms with Gasteiger partial charge in [0.05, 0.1) is 0 Å². The number of allylic oxidation sites excluding steroid dienone is 3. The van der Waals surface area contributed by atoms with Gasteiger partial charge in [-0.2, -0.15) is 0 Å². The summed E-state index contributed by atoms with van der Waals surface area (Å²) in [5.74, 6) is 0. The van der Waals surface area contributed by atoms with Crippen LogP contribution in [0, 0.1) is 6.92 Å². The maximum Gasteiger partial charge on any atom is 0.0481 e. The summed E-state index contributed by atoms with van der Waals surface area (Å²) in [6.07, 6.45) is 4.27. The van der Waals surface area contributed by atoms with E-state index in [-0.39, 0.29) is 0 Å². The quantitative estimate of drug-likeness (QED) is 0.684. The van der Waals surface area contributed by atoms with Gasteiger partial charge in [-0.05, 0) is 31.1 Å². The molecule has 16 heavy (non-hydrogen) atoms. The lowest BCUT2D eigenvalue weighted by atomic mass is 10.0. The van der Waals surface area contributed by atoms with Gasteiger partial charge in [0.2, 0.25) is 0 Å². The Bertz CT molecular complexity index is 475. The molecule has 0 radical (unpaired) electrons. The molecular formula is C15H17N. The Morgan fingerprint density at radius 2 is 1.62 bits per heavy atom. The first-order chi connectivity index (χ1) is 7.59. The first kappa shape index (κ1) is 10.7. The Balaban J connectivity index is 2.42. The third-order valence-electron chi connectivity index (χ3n) is 3.06. The van der Waals surface area contributed by atoms with E-state index < -0.39 is 0 Å². The molecule has 1 heterocycles. The normalized spacial score (nSPS) is 15.9. The lowest BCUT2D eigenvalue weighted by molar-refractivity contribution is 0.603. The van der Waals surface area contributed by atoms with Crippen molar-refractivity contribution in [2.75, 3.05) is 7.05 Å². The highest BCUT2D eigenvalue weighted by atomic mass is 15.1. The van der Waals surface area contributed by atoms with E-state index in [1.165, 1.54) is 22.4 Å². The lowest BCUT2D eigenvalue weighted by Crippen LogP contribution is -2.18. The summed E-state index contributed by atoms with van der Waals surface area (Å²) in [6, 6.07) is 8.58. The van der Waals surface area contributed by atoms with Crippen LogP contribution in [0.4, 0.5) is 0 Å². The SMILES string of the molecule is C=C1C(C)=CC=C(c2ccc(C)cc2)N1C.